The third-order valence-corrected chi connectivity index (χ3v) is 7.38. The molecule has 0 fully saturated rings. The van der Waals surface area contributed by atoms with Crippen molar-refractivity contribution < 1.29 is 24.1 Å². The second-order valence-corrected chi connectivity index (χ2v) is 11.0. The average Bonchev–Trinajstić information content (AvgIpc) is 3.46. The van der Waals surface area contributed by atoms with Gasteiger partial charge in [-0.1, -0.05) is 58.8 Å². The van der Waals surface area contributed by atoms with Gasteiger partial charge < -0.3 is 19.3 Å². The van der Waals surface area contributed by atoms with E-state index >= 15 is 0 Å². The van der Waals surface area contributed by atoms with E-state index in [0.717, 1.165) is 11.1 Å². The fourth-order valence-electron chi connectivity index (χ4n) is 5.12. The van der Waals surface area contributed by atoms with Crippen molar-refractivity contribution in [2.45, 2.75) is 57.4 Å². The molecule has 0 spiro atoms. The van der Waals surface area contributed by atoms with Gasteiger partial charge in [-0.3, -0.25) is 10.2 Å². The Morgan fingerprint density at radius 1 is 1.02 bits per heavy atom. The molecule has 1 aliphatic rings. The Kier molecular flexibility index (Phi) is 13.0. The smallest absolute Gasteiger partial charge is 0.266 e. The Morgan fingerprint density at radius 2 is 1.77 bits per heavy atom. The summed E-state index contributed by atoms with van der Waals surface area (Å²) in [5.74, 6) is 0.342. The number of aliphatic imine (C=N–C) groups is 1. The Balaban J connectivity index is 1.79. The topological polar surface area (TPSA) is 199 Å². The average molecular weight is 642 g/mol. The molecule has 3 aromatic rings. The number of amides is 1. The van der Waals surface area contributed by atoms with Crippen LogP contribution in [0.3, 0.4) is 0 Å². The van der Waals surface area contributed by atoms with Crippen LogP contribution in [0, 0.1) is 0 Å². The maximum absolute atomic E-state index is 14.5. The van der Waals surface area contributed by atoms with Crippen molar-refractivity contribution in [3.63, 3.8) is 0 Å². The molecule has 14 nitrogen and oxygen atoms in total. The molecule has 0 aromatic heterocycles. The van der Waals surface area contributed by atoms with E-state index in [1.54, 1.807) is 48.5 Å². The number of ether oxygens (including phenoxy) is 3. The molecule has 246 valence electrons. The fourth-order valence-corrected chi connectivity index (χ4v) is 5.12. The minimum atomic E-state index is -1.60. The molecule has 47 heavy (non-hydrogen) atoms. The molecule has 1 amide bonds. The maximum atomic E-state index is 14.5. The highest BCUT2D eigenvalue weighted by Crippen LogP contribution is 2.45. The van der Waals surface area contributed by atoms with Gasteiger partial charge in [0.2, 0.25) is 5.90 Å². The number of hydrazine groups is 1. The lowest BCUT2D eigenvalue weighted by atomic mass is 9.80. The summed E-state index contributed by atoms with van der Waals surface area (Å²) in [4.78, 5) is 25.4. The molecular formula is C33H39N9O5. The molecule has 1 aliphatic heterocycles. The molecular weight excluding hydrogens is 602 g/mol. The van der Waals surface area contributed by atoms with Gasteiger partial charge in [-0.05, 0) is 66.7 Å². The molecule has 3 N–H and O–H groups in total. The van der Waals surface area contributed by atoms with E-state index < -0.39 is 17.6 Å². The quantitative estimate of drug-likeness (QED) is 0.0490. The van der Waals surface area contributed by atoms with E-state index in [1.165, 1.54) is 0 Å². The zero-order valence-corrected chi connectivity index (χ0v) is 26.5. The van der Waals surface area contributed by atoms with Gasteiger partial charge in [0.05, 0.1) is 19.3 Å². The molecule has 2 atom stereocenters. The zero-order valence-electron chi connectivity index (χ0n) is 26.5. The van der Waals surface area contributed by atoms with Crippen molar-refractivity contribution in [2.24, 2.45) is 15.2 Å². The summed E-state index contributed by atoms with van der Waals surface area (Å²) in [6.45, 7) is 5.34. The molecule has 3 aromatic carbocycles. The Bertz CT molecular complexity index is 1620. The predicted octanol–water partition coefficient (Wildman–Crippen LogP) is 6.14. The summed E-state index contributed by atoms with van der Waals surface area (Å²) in [5.41, 5.74) is 25.5. The Hall–Kier alpha value is -5.10. The largest absolute Gasteiger partial charge is 0.494 e. The summed E-state index contributed by atoms with van der Waals surface area (Å²) >= 11 is 0. The van der Waals surface area contributed by atoms with Crippen LogP contribution in [0.4, 0.5) is 5.69 Å². The van der Waals surface area contributed by atoms with Crippen molar-refractivity contribution in [3.8, 4) is 5.75 Å². The second kappa shape index (κ2) is 17.6. The highest BCUT2D eigenvalue weighted by Gasteiger charge is 2.54. The molecule has 4 rings (SSSR count). The third kappa shape index (κ3) is 9.23. The number of carbonyl (C=O) groups is 1. The van der Waals surface area contributed by atoms with Crippen LogP contribution in [0.25, 0.3) is 20.9 Å². The van der Waals surface area contributed by atoms with Crippen molar-refractivity contribution in [3.05, 3.63) is 116 Å². The molecule has 0 saturated carbocycles. The van der Waals surface area contributed by atoms with E-state index in [2.05, 4.69) is 30.9 Å². The summed E-state index contributed by atoms with van der Waals surface area (Å²) in [6, 6.07) is 21.3. The summed E-state index contributed by atoms with van der Waals surface area (Å²) in [5, 5.41) is 16.7. The summed E-state index contributed by atoms with van der Waals surface area (Å²) in [6.07, 6.45) is 0.302. The number of nitrogens with one attached hydrogen (secondary N) is 2. The van der Waals surface area contributed by atoms with Gasteiger partial charge in [0.1, 0.15) is 5.75 Å². The molecule has 0 radical (unpaired) electrons. The number of aliphatic hydroxyl groups is 1. The number of nitrogens with zero attached hydrogens (tertiary/aromatic N) is 7. The lowest BCUT2D eigenvalue weighted by molar-refractivity contribution is -0.130. The molecule has 0 aliphatic carbocycles. The molecule has 1 heterocycles. The number of aliphatic hydroxyl groups excluding tert-OH is 1. The maximum Gasteiger partial charge on any atom is 0.266 e. The van der Waals surface area contributed by atoms with Crippen LogP contribution in [0.5, 0.6) is 5.75 Å². The SMILES string of the molecule is CC(C)OCCCNNC(=O)[C@@]1(Cc2ccccc2CN=[N+]=[N-])N=C(c2ccc(OCCCO)cc2)O[C@H]1c1ccccc1N=[N+]=[N-]. The number of rotatable bonds is 18. The van der Waals surface area contributed by atoms with Gasteiger partial charge in [0.25, 0.3) is 5.91 Å². The number of hydrogen-bond acceptors (Lipinski definition) is 9. The van der Waals surface area contributed by atoms with Crippen LogP contribution in [-0.2, 0) is 27.2 Å². The van der Waals surface area contributed by atoms with Crippen molar-refractivity contribution in [2.75, 3.05) is 26.4 Å². The first-order valence-corrected chi connectivity index (χ1v) is 15.4. The zero-order chi connectivity index (χ0) is 33.5. The van der Waals surface area contributed by atoms with Gasteiger partial charge in [-0.25, -0.2) is 10.4 Å². The normalized spacial score (nSPS) is 16.9. The summed E-state index contributed by atoms with van der Waals surface area (Å²) < 4.78 is 17.9. The van der Waals surface area contributed by atoms with Crippen LogP contribution in [-0.4, -0.2) is 54.9 Å². The first-order valence-electron chi connectivity index (χ1n) is 15.4. The number of benzene rings is 3. The highest BCUT2D eigenvalue weighted by atomic mass is 16.5. The van der Waals surface area contributed by atoms with Gasteiger partial charge in [0.15, 0.2) is 11.6 Å². The van der Waals surface area contributed by atoms with E-state index in [0.29, 0.717) is 55.2 Å². The van der Waals surface area contributed by atoms with Crippen molar-refractivity contribution >= 4 is 17.5 Å². The minimum Gasteiger partial charge on any atom is -0.494 e. The second-order valence-electron chi connectivity index (χ2n) is 11.0. The lowest BCUT2D eigenvalue weighted by Gasteiger charge is -2.32. The van der Waals surface area contributed by atoms with E-state index in [4.69, 9.17) is 29.8 Å². The number of azide groups is 2. The highest BCUT2D eigenvalue weighted by molar-refractivity contribution is 6.01. The monoisotopic (exact) mass is 641 g/mol. The van der Waals surface area contributed by atoms with E-state index in [9.17, 15) is 10.3 Å². The van der Waals surface area contributed by atoms with Crippen molar-refractivity contribution in [1.29, 1.82) is 0 Å². The van der Waals surface area contributed by atoms with Gasteiger partial charge in [-0.2, -0.15) is 0 Å². The molecule has 0 bridgehead atoms. The van der Waals surface area contributed by atoms with Crippen LogP contribution >= 0.6 is 0 Å². The molecule has 14 heteroatoms. The van der Waals surface area contributed by atoms with Gasteiger partial charge >= 0.3 is 0 Å². The van der Waals surface area contributed by atoms with E-state index in [-0.39, 0.29) is 31.6 Å². The molecule has 0 unspecified atom stereocenters. The summed E-state index contributed by atoms with van der Waals surface area (Å²) in [7, 11) is 0. The van der Waals surface area contributed by atoms with Crippen LogP contribution in [0.15, 0.2) is 88.0 Å². The first-order chi connectivity index (χ1) is 22.9. The van der Waals surface area contributed by atoms with Crippen LogP contribution in [0.1, 0.15) is 55.0 Å². The number of carbonyl (C=O) groups excluding carboxylic acids is 1. The van der Waals surface area contributed by atoms with Crippen LogP contribution in [0.2, 0.25) is 0 Å². The fraction of sp³-hybridized carbons (Fsp3) is 0.394. The van der Waals surface area contributed by atoms with E-state index in [1.807, 2.05) is 38.1 Å². The Morgan fingerprint density at radius 3 is 2.49 bits per heavy atom. The predicted molar refractivity (Wildman–Crippen MR) is 177 cm³/mol. The number of hydrogen-bond donors (Lipinski definition) is 3. The van der Waals surface area contributed by atoms with Crippen molar-refractivity contribution in [1.82, 2.24) is 10.9 Å². The minimum absolute atomic E-state index is 0.0259. The van der Waals surface area contributed by atoms with Gasteiger partial charge in [0, 0.05) is 59.2 Å². The first kappa shape index (κ1) is 34.8. The Labute approximate surface area is 273 Å². The standard InChI is InChI=1S/C33H39N9O5/c1-23(2)45-19-7-17-36-40-32(44)33(21-25-9-3-4-10-26(25)22-37-41-34)30(28-11-5-6-12-29(28)39-42-35)47-31(38-33)24-13-15-27(16-14-24)46-20-8-18-43/h3-6,9-16,23,30,36,43H,7-8,17-22H2,1-2H3,(H,40,44)/t30-,33-/m0/s1. The van der Waals surface area contributed by atoms with Gasteiger partial charge in [-0.15, -0.1) is 0 Å². The lowest BCUT2D eigenvalue weighted by Crippen LogP contribution is -2.54. The third-order valence-electron chi connectivity index (χ3n) is 7.38. The molecule has 0 saturated heterocycles. The van der Waals surface area contributed by atoms with Crippen LogP contribution < -0.4 is 15.6 Å².